The zero-order chi connectivity index (χ0) is 7.82. The monoisotopic (exact) mass is 143 g/mol. The summed E-state index contributed by atoms with van der Waals surface area (Å²) < 4.78 is 5.14. The van der Waals surface area contributed by atoms with Crippen LogP contribution in [0.5, 0.6) is 0 Å². The summed E-state index contributed by atoms with van der Waals surface area (Å²) in [6, 6.07) is 0. The van der Waals surface area contributed by atoms with Crippen molar-refractivity contribution in [3.63, 3.8) is 0 Å². The summed E-state index contributed by atoms with van der Waals surface area (Å²) >= 11 is 0. The van der Waals surface area contributed by atoms with Crippen LogP contribution in [0.15, 0.2) is 17.8 Å². The van der Waals surface area contributed by atoms with Crippen LogP contribution < -0.4 is 0 Å². The molecule has 0 rings (SSSR count). The second kappa shape index (κ2) is 6.29. The van der Waals surface area contributed by atoms with Gasteiger partial charge in [0, 0.05) is 0 Å². The van der Waals surface area contributed by atoms with Crippen molar-refractivity contribution in [3.05, 3.63) is 12.7 Å². The number of hydrogen-bond donors (Lipinski definition) is 1. The van der Waals surface area contributed by atoms with E-state index in [0.29, 0.717) is 6.61 Å². The lowest BCUT2D eigenvalue weighted by Gasteiger charge is -2.06. The lowest BCUT2D eigenvalue weighted by atomic mass is 10.3. The minimum absolute atomic E-state index is 0.149. The molecule has 0 fully saturated rings. The fraction of sp³-hybridized carbons (Fsp3) is 0.571. The van der Waals surface area contributed by atoms with Crippen molar-refractivity contribution in [2.75, 3.05) is 6.61 Å². The van der Waals surface area contributed by atoms with Crippen LogP contribution in [0.4, 0.5) is 0 Å². The minimum atomic E-state index is 0.149. The number of ether oxygens (including phenoxy) is 1. The highest BCUT2D eigenvalue weighted by molar-refractivity contribution is 5.57. The topological polar surface area (TPSA) is 41.8 Å². The highest BCUT2D eigenvalue weighted by Crippen LogP contribution is 1.95. The Hall–Kier alpha value is -0.830. The van der Waals surface area contributed by atoms with Gasteiger partial charge in [0.25, 0.3) is 0 Å². The van der Waals surface area contributed by atoms with Crippen molar-refractivity contribution in [3.8, 4) is 0 Å². The summed E-state index contributed by atoms with van der Waals surface area (Å²) in [5.74, 6) is 0. The van der Waals surface area contributed by atoms with Crippen LogP contribution >= 0.6 is 0 Å². The van der Waals surface area contributed by atoms with Gasteiger partial charge in [-0.3, -0.25) is 0 Å². The smallest absolute Gasteiger partial charge is 0.0855 e. The summed E-state index contributed by atoms with van der Waals surface area (Å²) in [6.07, 6.45) is 4.06. The van der Waals surface area contributed by atoms with Gasteiger partial charge in [0.15, 0.2) is 0 Å². The molecular formula is C7H13NO2. The Bertz CT molecular complexity index is 112. The first-order valence-electron chi connectivity index (χ1n) is 3.19. The minimum Gasteiger partial charge on any atom is -0.411 e. The molecule has 0 saturated carbocycles. The molecule has 3 heteroatoms. The highest BCUT2D eigenvalue weighted by Gasteiger charge is 1.95. The molecule has 0 aromatic rings. The Morgan fingerprint density at radius 1 is 1.80 bits per heavy atom. The molecule has 0 aliphatic carbocycles. The molecule has 0 bridgehead atoms. The average Bonchev–Trinajstić information content (AvgIpc) is 1.89. The maximum absolute atomic E-state index is 7.98. The molecule has 0 heterocycles. The van der Waals surface area contributed by atoms with Gasteiger partial charge in [0.2, 0.25) is 0 Å². The first-order valence-corrected chi connectivity index (χ1v) is 3.19. The van der Waals surface area contributed by atoms with Crippen LogP contribution in [0, 0.1) is 0 Å². The van der Waals surface area contributed by atoms with Gasteiger partial charge in [-0.05, 0) is 13.3 Å². The molecular weight excluding hydrogens is 130 g/mol. The summed E-state index contributed by atoms with van der Waals surface area (Å²) in [7, 11) is 0. The van der Waals surface area contributed by atoms with Crippen molar-refractivity contribution >= 4 is 6.21 Å². The Morgan fingerprint density at radius 2 is 2.50 bits per heavy atom. The molecule has 0 spiro atoms. The summed E-state index contributed by atoms with van der Waals surface area (Å²) in [4.78, 5) is 0. The molecule has 0 aromatic heterocycles. The molecule has 3 nitrogen and oxygen atoms in total. The maximum atomic E-state index is 7.98. The third-order valence-corrected chi connectivity index (χ3v) is 1.04. The molecule has 0 aliphatic rings. The molecule has 0 amide bonds. The van der Waals surface area contributed by atoms with E-state index in [9.17, 15) is 0 Å². The third kappa shape index (κ3) is 5.31. The number of hydrogen-bond acceptors (Lipinski definition) is 3. The van der Waals surface area contributed by atoms with Crippen molar-refractivity contribution < 1.29 is 9.94 Å². The zero-order valence-corrected chi connectivity index (χ0v) is 6.16. The van der Waals surface area contributed by atoms with Gasteiger partial charge in [0.05, 0.1) is 18.9 Å². The zero-order valence-electron chi connectivity index (χ0n) is 6.16. The van der Waals surface area contributed by atoms with Gasteiger partial charge in [0.1, 0.15) is 0 Å². The van der Waals surface area contributed by atoms with Gasteiger partial charge in [-0.25, -0.2) is 0 Å². The quantitative estimate of drug-likeness (QED) is 0.274. The normalized spacial score (nSPS) is 13.7. The second-order valence-corrected chi connectivity index (χ2v) is 1.97. The van der Waals surface area contributed by atoms with E-state index in [-0.39, 0.29) is 6.10 Å². The van der Waals surface area contributed by atoms with E-state index >= 15 is 0 Å². The van der Waals surface area contributed by atoms with E-state index in [1.165, 1.54) is 6.21 Å². The Balaban J connectivity index is 3.20. The summed E-state index contributed by atoms with van der Waals surface area (Å²) in [5.41, 5.74) is 0. The number of rotatable bonds is 5. The predicted molar refractivity (Wildman–Crippen MR) is 40.5 cm³/mol. The fourth-order valence-corrected chi connectivity index (χ4v) is 0.543. The summed E-state index contributed by atoms with van der Waals surface area (Å²) in [5, 5.41) is 10.8. The van der Waals surface area contributed by atoms with E-state index in [4.69, 9.17) is 9.94 Å². The van der Waals surface area contributed by atoms with Gasteiger partial charge < -0.3 is 9.94 Å². The lowest BCUT2D eigenvalue weighted by Crippen LogP contribution is -2.08. The van der Waals surface area contributed by atoms with Crippen molar-refractivity contribution in [2.24, 2.45) is 5.16 Å². The van der Waals surface area contributed by atoms with E-state index < -0.39 is 0 Å². The second-order valence-electron chi connectivity index (χ2n) is 1.97. The van der Waals surface area contributed by atoms with E-state index in [2.05, 4.69) is 11.7 Å². The molecule has 1 atom stereocenters. The van der Waals surface area contributed by atoms with Gasteiger partial charge in [-0.2, -0.15) is 0 Å². The van der Waals surface area contributed by atoms with Gasteiger partial charge in [-0.1, -0.05) is 11.2 Å². The van der Waals surface area contributed by atoms with E-state index in [1.54, 1.807) is 6.08 Å². The largest absolute Gasteiger partial charge is 0.411 e. The van der Waals surface area contributed by atoms with Crippen molar-refractivity contribution in [1.29, 1.82) is 0 Å². The Labute approximate surface area is 61.0 Å². The van der Waals surface area contributed by atoms with E-state index in [0.717, 1.165) is 6.42 Å². The molecule has 0 radical (unpaired) electrons. The molecule has 0 saturated heterocycles. The number of oxime groups is 1. The molecule has 1 unspecified atom stereocenters. The Kier molecular flexibility index (Phi) is 5.77. The maximum Gasteiger partial charge on any atom is 0.0855 e. The molecule has 0 aromatic carbocycles. The van der Waals surface area contributed by atoms with Crippen LogP contribution in [0.25, 0.3) is 0 Å². The van der Waals surface area contributed by atoms with Crippen molar-refractivity contribution in [1.82, 2.24) is 0 Å². The standard InChI is InChI=1S/C7H13NO2/c1-3-4-7(2)10-6-5-8-9/h3,5,7,9H,1,4,6H2,2H3/b8-5+. The average molecular weight is 143 g/mol. The Morgan fingerprint density at radius 3 is 3.00 bits per heavy atom. The fourth-order valence-electron chi connectivity index (χ4n) is 0.543. The molecule has 0 aliphatic heterocycles. The molecule has 58 valence electrons. The SMILES string of the molecule is C=CCC(C)OC/C=N/O. The highest BCUT2D eigenvalue weighted by atomic mass is 16.5. The summed E-state index contributed by atoms with van der Waals surface area (Å²) in [6.45, 7) is 5.86. The van der Waals surface area contributed by atoms with Crippen molar-refractivity contribution in [2.45, 2.75) is 19.4 Å². The first kappa shape index (κ1) is 9.17. The van der Waals surface area contributed by atoms with Crippen LogP contribution in [0.1, 0.15) is 13.3 Å². The molecule has 1 N–H and O–H groups in total. The lowest BCUT2D eigenvalue weighted by molar-refractivity contribution is 0.0991. The van der Waals surface area contributed by atoms with E-state index in [1.807, 2.05) is 6.92 Å². The third-order valence-electron chi connectivity index (χ3n) is 1.04. The van der Waals surface area contributed by atoms with Gasteiger partial charge in [-0.15, -0.1) is 6.58 Å². The van der Waals surface area contributed by atoms with Crippen LogP contribution in [0.3, 0.4) is 0 Å². The first-order chi connectivity index (χ1) is 4.81. The van der Waals surface area contributed by atoms with Crippen LogP contribution in [-0.2, 0) is 4.74 Å². The van der Waals surface area contributed by atoms with Crippen LogP contribution in [0.2, 0.25) is 0 Å². The number of nitrogens with zero attached hydrogens (tertiary/aromatic N) is 1. The predicted octanol–water partition coefficient (Wildman–Crippen LogP) is 1.43. The molecule has 10 heavy (non-hydrogen) atoms. The van der Waals surface area contributed by atoms with Crippen LogP contribution in [-0.4, -0.2) is 24.1 Å². The van der Waals surface area contributed by atoms with Gasteiger partial charge >= 0.3 is 0 Å².